The quantitative estimate of drug-likeness (QED) is 0.640. The van der Waals surface area contributed by atoms with E-state index in [-0.39, 0.29) is 13.0 Å². The van der Waals surface area contributed by atoms with Gasteiger partial charge in [-0.1, -0.05) is 13.3 Å². The van der Waals surface area contributed by atoms with Crippen LogP contribution in [0.2, 0.25) is 0 Å². The highest BCUT2D eigenvalue weighted by atomic mass is 19.3. The molecule has 1 heterocycles. The molecule has 0 spiro atoms. The molecule has 1 fully saturated rings. The molecule has 0 saturated carbocycles. The van der Waals surface area contributed by atoms with Gasteiger partial charge in [0.25, 0.3) is 5.92 Å². The van der Waals surface area contributed by atoms with Crippen LogP contribution in [0.4, 0.5) is 8.78 Å². The highest BCUT2D eigenvalue weighted by Gasteiger charge is 2.34. The average molecular weight is 177 g/mol. The molecule has 1 rings (SSSR count). The van der Waals surface area contributed by atoms with Crippen molar-refractivity contribution < 1.29 is 8.78 Å². The van der Waals surface area contributed by atoms with Crippen molar-refractivity contribution in [3.63, 3.8) is 0 Å². The van der Waals surface area contributed by atoms with Crippen LogP contribution < -0.4 is 0 Å². The molecule has 0 unspecified atom stereocenters. The molecule has 72 valence electrons. The maximum atomic E-state index is 12.8. The Bertz CT molecular complexity index is 136. The van der Waals surface area contributed by atoms with Gasteiger partial charge in [0.2, 0.25) is 0 Å². The molecule has 0 aromatic rings. The molecular formula is C9H17F2N. The van der Waals surface area contributed by atoms with Gasteiger partial charge in [-0.15, -0.1) is 0 Å². The Balaban J connectivity index is 2.26. The van der Waals surface area contributed by atoms with Crippen LogP contribution in [0.15, 0.2) is 0 Å². The summed E-state index contributed by atoms with van der Waals surface area (Å²) in [5.74, 6) is -2.42. The zero-order chi connectivity index (χ0) is 9.03. The van der Waals surface area contributed by atoms with E-state index in [1.807, 2.05) is 4.90 Å². The smallest absolute Gasteiger partial charge is 0.260 e. The number of hydrogen-bond donors (Lipinski definition) is 0. The Morgan fingerprint density at radius 2 is 2.17 bits per heavy atom. The van der Waals surface area contributed by atoms with Gasteiger partial charge in [-0.25, -0.2) is 8.78 Å². The predicted molar refractivity (Wildman–Crippen MR) is 45.5 cm³/mol. The van der Waals surface area contributed by atoms with Gasteiger partial charge < -0.3 is 0 Å². The molecule has 0 aliphatic carbocycles. The third-order valence-corrected chi connectivity index (χ3v) is 2.30. The molecule has 0 N–H and O–H groups in total. The molecule has 0 aromatic carbocycles. The molecule has 1 saturated heterocycles. The van der Waals surface area contributed by atoms with Crippen LogP contribution in [0.25, 0.3) is 0 Å². The van der Waals surface area contributed by atoms with Gasteiger partial charge >= 0.3 is 0 Å². The molecule has 0 radical (unpaired) electrons. The minimum Gasteiger partial charge on any atom is -0.297 e. The second kappa shape index (κ2) is 4.17. The second-order valence-electron chi connectivity index (χ2n) is 3.59. The molecule has 12 heavy (non-hydrogen) atoms. The minimum atomic E-state index is -2.42. The zero-order valence-electron chi connectivity index (χ0n) is 7.65. The van der Waals surface area contributed by atoms with Crippen molar-refractivity contribution in [1.29, 1.82) is 0 Å². The summed E-state index contributed by atoms with van der Waals surface area (Å²) < 4.78 is 25.7. The number of piperidine rings is 1. The highest BCUT2D eigenvalue weighted by molar-refractivity contribution is 4.78. The summed E-state index contributed by atoms with van der Waals surface area (Å²) in [7, 11) is 0. The summed E-state index contributed by atoms with van der Waals surface area (Å²) in [4.78, 5) is 1.88. The van der Waals surface area contributed by atoms with E-state index in [1.165, 1.54) is 0 Å². The summed E-state index contributed by atoms with van der Waals surface area (Å²) in [6.45, 7) is 3.76. The van der Waals surface area contributed by atoms with Gasteiger partial charge in [-0.2, -0.15) is 0 Å². The van der Waals surface area contributed by atoms with Crippen LogP contribution in [-0.4, -0.2) is 30.5 Å². The number of nitrogens with zero attached hydrogens (tertiary/aromatic N) is 1. The van der Waals surface area contributed by atoms with E-state index in [4.69, 9.17) is 0 Å². The summed E-state index contributed by atoms with van der Waals surface area (Å²) in [6.07, 6.45) is 2.85. The van der Waals surface area contributed by atoms with E-state index < -0.39 is 5.92 Å². The van der Waals surface area contributed by atoms with Crippen LogP contribution >= 0.6 is 0 Å². The molecule has 1 aliphatic rings. The normalized spacial score (nSPS) is 24.2. The summed E-state index contributed by atoms with van der Waals surface area (Å²) in [5.41, 5.74) is 0. The number of unbranched alkanes of at least 4 members (excludes halogenated alkanes) is 1. The van der Waals surface area contributed by atoms with E-state index in [1.54, 1.807) is 0 Å². The highest BCUT2D eigenvalue weighted by Crippen LogP contribution is 2.26. The SMILES string of the molecule is CCCCN1CCCC(F)(F)C1. The monoisotopic (exact) mass is 177 g/mol. The van der Waals surface area contributed by atoms with E-state index in [0.717, 1.165) is 25.9 Å². The number of alkyl halides is 2. The fourth-order valence-electron chi connectivity index (χ4n) is 1.62. The minimum absolute atomic E-state index is 0.0208. The molecular weight excluding hydrogens is 160 g/mol. The first kappa shape index (κ1) is 9.90. The molecule has 0 aromatic heterocycles. The first-order chi connectivity index (χ1) is 5.64. The first-order valence-electron chi connectivity index (χ1n) is 4.74. The van der Waals surface area contributed by atoms with Gasteiger partial charge in [0.15, 0.2) is 0 Å². The van der Waals surface area contributed by atoms with Crippen LogP contribution in [-0.2, 0) is 0 Å². The zero-order valence-corrected chi connectivity index (χ0v) is 7.65. The Morgan fingerprint density at radius 3 is 2.75 bits per heavy atom. The summed E-state index contributed by atoms with van der Waals surface area (Å²) in [5, 5.41) is 0. The lowest BCUT2D eigenvalue weighted by molar-refractivity contribution is -0.0640. The third-order valence-electron chi connectivity index (χ3n) is 2.30. The van der Waals surface area contributed by atoms with E-state index in [2.05, 4.69) is 6.92 Å². The standard InChI is InChI=1S/C9H17F2N/c1-2-3-6-12-7-4-5-9(10,11)8-12/h2-8H2,1H3. The first-order valence-corrected chi connectivity index (χ1v) is 4.74. The fourth-order valence-corrected chi connectivity index (χ4v) is 1.62. The Morgan fingerprint density at radius 1 is 1.42 bits per heavy atom. The predicted octanol–water partition coefficient (Wildman–Crippen LogP) is 2.52. The van der Waals surface area contributed by atoms with Crippen LogP contribution in [0.3, 0.4) is 0 Å². The molecule has 1 aliphatic heterocycles. The van der Waals surface area contributed by atoms with Gasteiger partial charge in [-0.3, -0.25) is 4.90 Å². The van der Waals surface area contributed by atoms with Crippen molar-refractivity contribution >= 4 is 0 Å². The largest absolute Gasteiger partial charge is 0.297 e. The van der Waals surface area contributed by atoms with Crippen molar-refractivity contribution in [2.45, 2.75) is 38.5 Å². The van der Waals surface area contributed by atoms with Crippen LogP contribution in [0.1, 0.15) is 32.6 Å². The lowest BCUT2D eigenvalue weighted by Crippen LogP contribution is -2.42. The van der Waals surface area contributed by atoms with E-state index >= 15 is 0 Å². The topological polar surface area (TPSA) is 3.24 Å². The van der Waals surface area contributed by atoms with Crippen LogP contribution in [0, 0.1) is 0 Å². The number of hydrogen-bond acceptors (Lipinski definition) is 1. The average Bonchev–Trinajstić information content (AvgIpc) is 1.99. The second-order valence-corrected chi connectivity index (χ2v) is 3.59. The molecule has 3 heteroatoms. The lowest BCUT2D eigenvalue weighted by Gasteiger charge is -2.32. The van der Waals surface area contributed by atoms with Crippen molar-refractivity contribution in [2.24, 2.45) is 0 Å². The maximum absolute atomic E-state index is 12.8. The lowest BCUT2D eigenvalue weighted by atomic mass is 10.1. The van der Waals surface area contributed by atoms with E-state index in [0.29, 0.717) is 6.42 Å². The van der Waals surface area contributed by atoms with E-state index in [9.17, 15) is 8.78 Å². The number of halogens is 2. The molecule has 1 nitrogen and oxygen atoms in total. The summed E-state index contributed by atoms with van der Waals surface area (Å²) in [6, 6.07) is 0. The Kier molecular flexibility index (Phi) is 3.44. The number of rotatable bonds is 3. The summed E-state index contributed by atoms with van der Waals surface area (Å²) >= 11 is 0. The Labute approximate surface area is 72.7 Å². The van der Waals surface area contributed by atoms with Crippen molar-refractivity contribution in [1.82, 2.24) is 4.90 Å². The van der Waals surface area contributed by atoms with Gasteiger partial charge in [0.05, 0.1) is 6.54 Å². The molecule has 0 atom stereocenters. The van der Waals surface area contributed by atoms with Gasteiger partial charge in [0, 0.05) is 6.42 Å². The van der Waals surface area contributed by atoms with Gasteiger partial charge in [0.1, 0.15) is 0 Å². The van der Waals surface area contributed by atoms with Crippen molar-refractivity contribution in [2.75, 3.05) is 19.6 Å². The van der Waals surface area contributed by atoms with Crippen molar-refractivity contribution in [3.05, 3.63) is 0 Å². The third kappa shape index (κ3) is 3.05. The molecule has 0 bridgehead atoms. The fraction of sp³-hybridized carbons (Fsp3) is 1.00. The molecule has 0 amide bonds. The maximum Gasteiger partial charge on any atom is 0.260 e. The van der Waals surface area contributed by atoms with Gasteiger partial charge in [-0.05, 0) is 25.9 Å². The van der Waals surface area contributed by atoms with Crippen LogP contribution in [0.5, 0.6) is 0 Å². The van der Waals surface area contributed by atoms with Crippen molar-refractivity contribution in [3.8, 4) is 0 Å². The number of likely N-dealkylation sites (tertiary alicyclic amines) is 1. The Hall–Kier alpha value is -0.180.